The molecular formula is C13H21N3O3. The highest BCUT2D eigenvalue weighted by Gasteiger charge is 2.26. The van der Waals surface area contributed by atoms with Gasteiger partial charge in [-0.3, -0.25) is 9.59 Å². The SMILES string of the molecule is CC(NCC(C)(C)C(N)=O)C(=O)NCc1ccco1. The molecule has 0 aliphatic rings. The fourth-order valence-electron chi connectivity index (χ4n) is 1.33. The van der Waals surface area contributed by atoms with Crippen molar-refractivity contribution in [1.82, 2.24) is 10.6 Å². The third-order valence-electron chi connectivity index (χ3n) is 2.93. The van der Waals surface area contributed by atoms with Crippen molar-refractivity contribution in [3.63, 3.8) is 0 Å². The van der Waals surface area contributed by atoms with Crippen molar-refractivity contribution in [3.8, 4) is 0 Å². The number of carbonyl (C=O) groups excluding carboxylic acids is 2. The van der Waals surface area contributed by atoms with E-state index in [0.29, 0.717) is 18.8 Å². The molecule has 1 atom stereocenters. The summed E-state index contributed by atoms with van der Waals surface area (Å²) in [6, 6.07) is 3.14. The maximum atomic E-state index is 11.8. The molecule has 1 rings (SSSR count). The molecule has 4 N–H and O–H groups in total. The molecule has 0 aromatic carbocycles. The molecule has 0 saturated carbocycles. The fourth-order valence-corrected chi connectivity index (χ4v) is 1.33. The number of rotatable bonds is 7. The van der Waals surface area contributed by atoms with Gasteiger partial charge in [0.2, 0.25) is 11.8 Å². The molecule has 106 valence electrons. The van der Waals surface area contributed by atoms with Crippen LogP contribution in [-0.2, 0) is 16.1 Å². The van der Waals surface area contributed by atoms with Crippen molar-refractivity contribution in [3.05, 3.63) is 24.2 Å². The Morgan fingerprint density at radius 1 is 1.47 bits per heavy atom. The first-order valence-corrected chi connectivity index (χ1v) is 6.16. The molecule has 0 saturated heterocycles. The maximum Gasteiger partial charge on any atom is 0.237 e. The van der Waals surface area contributed by atoms with Crippen LogP contribution in [0.1, 0.15) is 26.5 Å². The average molecular weight is 267 g/mol. The third kappa shape index (κ3) is 4.75. The first-order valence-electron chi connectivity index (χ1n) is 6.16. The molecule has 0 bridgehead atoms. The number of amides is 2. The summed E-state index contributed by atoms with van der Waals surface area (Å²) in [7, 11) is 0. The Balaban J connectivity index is 2.34. The highest BCUT2D eigenvalue weighted by atomic mass is 16.3. The number of hydrogen-bond acceptors (Lipinski definition) is 4. The van der Waals surface area contributed by atoms with Crippen LogP contribution in [0.4, 0.5) is 0 Å². The lowest BCUT2D eigenvalue weighted by Crippen LogP contribution is -2.48. The fraction of sp³-hybridized carbons (Fsp3) is 0.538. The van der Waals surface area contributed by atoms with Crippen LogP contribution >= 0.6 is 0 Å². The van der Waals surface area contributed by atoms with Gasteiger partial charge in [-0.05, 0) is 32.9 Å². The van der Waals surface area contributed by atoms with Crippen LogP contribution in [-0.4, -0.2) is 24.4 Å². The van der Waals surface area contributed by atoms with Gasteiger partial charge in [0, 0.05) is 6.54 Å². The molecule has 6 nitrogen and oxygen atoms in total. The lowest BCUT2D eigenvalue weighted by molar-refractivity contribution is -0.127. The molecule has 2 amide bonds. The summed E-state index contributed by atoms with van der Waals surface area (Å²) in [6.07, 6.45) is 1.55. The molecule has 0 spiro atoms. The topological polar surface area (TPSA) is 97.4 Å². The molecule has 0 aliphatic heterocycles. The monoisotopic (exact) mass is 267 g/mol. The number of nitrogens with one attached hydrogen (secondary N) is 2. The van der Waals surface area contributed by atoms with Gasteiger partial charge in [-0.25, -0.2) is 0 Å². The van der Waals surface area contributed by atoms with Gasteiger partial charge in [-0.15, -0.1) is 0 Å². The molecular weight excluding hydrogens is 246 g/mol. The van der Waals surface area contributed by atoms with Crippen LogP contribution in [0.5, 0.6) is 0 Å². The molecule has 1 aromatic rings. The lowest BCUT2D eigenvalue weighted by atomic mass is 9.92. The summed E-state index contributed by atoms with van der Waals surface area (Å²) >= 11 is 0. The van der Waals surface area contributed by atoms with E-state index in [1.54, 1.807) is 39.2 Å². The van der Waals surface area contributed by atoms with Crippen LogP contribution in [0.25, 0.3) is 0 Å². The normalized spacial score (nSPS) is 13.0. The lowest BCUT2D eigenvalue weighted by Gasteiger charge is -2.23. The highest BCUT2D eigenvalue weighted by Crippen LogP contribution is 2.12. The van der Waals surface area contributed by atoms with Crippen molar-refractivity contribution in [1.29, 1.82) is 0 Å². The van der Waals surface area contributed by atoms with Crippen molar-refractivity contribution in [2.45, 2.75) is 33.4 Å². The largest absolute Gasteiger partial charge is 0.467 e. The first kappa shape index (κ1) is 15.2. The second kappa shape index (κ2) is 6.38. The summed E-state index contributed by atoms with van der Waals surface area (Å²) in [6.45, 7) is 5.88. The van der Waals surface area contributed by atoms with Gasteiger partial charge in [-0.1, -0.05) is 0 Å². The van der Waals surface area contributed by atoms with Gasteiger partial charge >= 0.3 is 0 Å². The summed E-state index contributed by atoms with van der Waals surface area (Å²) in [5.41, 5.74) is 4.58. The summed E-state index contributed by atoms with van der Waals surface area (Å²) in [4.78, 5) is 22.9. The molecule has 19 heavy (non-hydrogen) atoms. The Kier molecular flexibility index (Phi) is 5.11. The minimum atomic E-state index is -0.685. The van der Waals surface area contributed by atoms with Crippen molar-refractivity contribution in [2.75, 3.05) is 6.54 Å². The smallest absolute Gasteiger partial charge is 0.237 e. The quantitative estimate of drug-likeness (QED) is 0.665. The van der Waals surface area contributed by atoms with Crippen LogP contribution in [0.15, 0.2) is 22.8 Å². The van der Waals surface area contributed by atoms with Crippen molar-refractivity contribution >= 4 is 11.8 Å². The second-order valence-corrected chi connectivity index (χ2v) is 5.15. The summed E-state index contributed by atoms with van der Waals surface area (Å²) in [5.74, 6) is 0.137. The Labute approximate surface area is 112 Å². The highest BCUT2D eigenvalue weighted by molar-refractivity contribution is 5.82. The zero-order valence-corrected chi connectivity index (χ0v) is 11.5. The van der Waals surface area contributed by atoms with Gasteiger partial charge < -0.3 is 20.8 Å². The summed E-state index contributed by atoms with van der Waals surface area (Å²) < 4.78 is 5.11. The molecule has 0 radical (unpaired) electrons. The zero-order valence-electron chi connectivity index (χ0n) is 11.5. The summed E-state index contributed by atoms with van der Waals surface area (Å²) in [5, 5.41) is 5.73. The number of hydrogen-bond donors (Lipinski definition) is 3. The van der Waals surface area contributed by atoms with E-state index in [2.05, 4.69) is 10.6 Å². The number of nitrogens with two attached hydrogens (primary N) is 1. The van der Waals surface area contributed by atoms with Crippen molar-refractivity contribution < 1.29 is 14.0 Å². The second-order valence-electron chi connectivity index (χ2n) is 5.15. The number of carbonyl (C=O) groups is 2. The predicted octanol–water partition coefficient (Wildman–Crippen LogP) is 0.385. The average Bonchev–Trinajstić information content (AvgIpc) is 2.85. The minimum Gasteiger partial charge on any atom is -0.467 e. The van der Waals surface area contributed by atoms with Crippen LogP contribution < -0.4 is 16.4 Å². The third-order valence-corrected chi connectivity index (χ3v) is 2.93. The first-order chi connectivity index (χ1) is 8.83. The Bertz CT molecular complexity index is 426. The van der Waals surface area contributed by atoms with Gasteiger partial charge in [0.1, 0.15) is 5.76 Å². The van der Waals surface area contributed by atoms with E-state index in [9.17, 15) is 9.59 Å². The molecule has 6 heteroatoms. The van der Waals surface area contributed by atoms with Crippen LogP contribution in [0, 0.1) is 5.41 Å². The molecule has 1 heterocycles. The van der Waals surface area contributed by atoms with E-state index in [1.165, 1.54) is 0 Å². The van der Waals surface area contributed by atoms with E-state index in [4.69, 9.17) is 10.2 Å². The molecule has 1 unspecified atom stereocenters. The Morgan fingerprint density at radius 2 is 2.16 bits per heavy atom. The minimum absolute atomic E-state index is 0.156. The van der Waals surface area contributed by atoms with E-state index < -0.39 is 17.4 Å². The van der Waals surface area contributed by atoms with Gasteiger partial charge in [0.25, 0.3) is 0 Å². The maximum absolute atomic E-state index is 11.8. The van der Waals surface area contributed by atoms with Crippen LogP contribution in [0.2, 0.25) is 0 Å². The van der Waals surface area contributed by atoms with Gasteiger partial charge in [0.15, 0.2) is 0 Å². The van der Waals surface area contributed by atoms with Gasteiger partial charge in [-0.2, -0.15) is 0 Å². The zero-order chi connectivity index (χ0) is 14.5. The molecule has 0 aliphatic carbocycles. The molecule has 0 fully saturated rings. The Hall–Kier alpha value is -1.82. The van der Waals surface area contributed by atoms with E-state index in [0.717, 1.165) is 0 Å². The van der Waals surface area contributed by atoms with Crippen LogP contribution in [0.3, 0.4) is 0 Å². The van der Waals surface area contributed by atoms with E-state index in [-0.39, 0.29) is 5.91 Å². The van der Waals surface area contributed by atoms with Gasteiger partial charge in [0.05, 0.1) is 24.3 Å². The Morgan fingerprint density at radius 3 is 2.68 bits per heavy atom. The van der Waals surface area contributed by atoms with E-state index >= 15 is 0 Å². The standard InChI is InChI=1S/C13H21N3O3/c1-9(16-8-13(2,3)12(14)18)11(17)15-7-10-5-4-6-19-10/h4-6,9,16H,7-8H2,1-3H3,(H2,14,18)(H,15,17). The van der Waals surface area contributed by atoms with Crippen molar-refractivity contribution in [2.24, 2.45) is 11.1 Å². The number of primary amides is 1. The number of furan rings is 1. The molecule has 1 aromatic heterocycles. The predicted molar refractivity (Wildman–Crippen MR) is 71.0 cm³/mol. The van der Waals surface area contributed by atoms with E-state index in [1.807, 2.05) is 0 Å².